The smallest absolute Gasteiger partial charge is 0.439 e. The summed E-state index contributed by atoms with van der Waals surface area (Å²) in [6, 6.07) is 3.45. The zero-order valence-electron chi connectivity index (χ0n) is 27.8. The van der Waals surface area contributed by atoms with Gasteiger partial charge in [0.2, 0.25) is 12.4 Å². The molecule has 2 N–H and O–H groups in total. The van der Waals surface area contributed by atoms with E-state index < -0.39 is 40.7 Å². The Labute approximate surface area is 255 Å². The topological polar surface area (TPSA) is 132 Å². The molecule has 1 aromatic heterocycles. The number of hydrogen-bond donors (Lipinski definition) is 2. The lowest BCUT2D eigenvalue weighted by Gasteiger charge is -2.28. The summed E-state index contributed by atoms with van der Waals surface area (Å²) in [7, 11) is 0. The molecule has 10 heteroatoms. The summed E-state index contributed by atoms with van der Waals surface area (Å²) in [6.07, 6.45) is 3.89. The van der Waals surface area contributed by atoms with Crippen LogP contribution in [0.15, 0.2) is 29.5 Å². The monoisotopic (exact) mass is 601 g/mol. The highest BCUT2D eigenvalue weighted by atomic mass is 16.7. The third-order valence-electron chi connectivity index (χ3n) is 7.61. The van der Waals surface area contributed by atoms with E-state index >= 15 is 0 Å². The number of carbonyl (C=O) groups is 3. The molecule has 0 atom stereocenters. The van der Waals surface area contributed by atoms with Crippen molar-refractivity contribution in [2.24, 2.45) is 10.4 Å². The summed E-state index contributed by atoms with van der Waals surface area (Å²) in [5.41, 5.74) is -0.541. The van der Waals surface area contributed by atoms with Gasteiger partial charge in [0.05, 0.1) is 17.6 Å². The highest BCUT2D eigenvalue weighted by Gasteiger charge is 2.28. The molecule has 0 fully saturated rings. The second-order valence-corrected chi connectivity index (χ2v) is 14.3. The summed E-state index contributed by atoms with van der Waals surface area (Å²) < 4.78 is 13.3. The molecule has 43 heavy (non-hydrogen) atoms. The van der Waals surface area contributed by atoms with Crippen LogP contribution in [0.25, 0.3) is 0 Å². The van der Waals surface area contributed by atoms with Gasteiger partial charge in [0.1, 0.15) is 5.75 Å². The maximum Gasteiger partial charge on any atom is 0.439 e. The summed E-state index contributed by atoms with van der Waals surface area (Å²) in [5, 5.41) is 21.9. The maximum atomic E-state index is 13.7. The van der Waals surface area contributed by atoms with Gasteiger partial charge in [0, 0.05) is 35.6 Å². The number of rotatable bonds is 10. The lowest BCUT2D eigenvalue weighted by molar-refractivity contribution is -0.161. The van der Waals surface area contributed by atoms with Gasteiger partial charge in [-0.25, -0.2) is 4.79 Å². The number of Topliss-reactive ketones (excluding diaryl/α,β-unsaturated/α-hetero) is 1. The molecule has 2 rings (SSSR count). The fourth-order valence-corrected chi connectivity index (χ4v) is 4.47. The second-order valence-electron chi connectivity index (χ2n) is 14.3. The number of phenolic OH excluding ortho intramolecular Hbond substituents is 1. The number of phenols is 1. The highest BCUT2D eigenvalue weighted by Crippen LogP contribution is 2.40. The minimum absolute atomic E-state index is 0.137. The van der Waals surface area contributed by atoms with Crippen LogP contribution in [0.5, 0.6) is 5.75 Å². The van der Waals surface area contributed by atoms with Crippen molar-refractivity contribution in [3.63, 3.8) is 0 Å². The zero-order chi connectivity index (χ0) is 33.0. The van der Waals surface area contributed by atoms with E-state index in [9.17, 15) is 24.6 Å². The number of amides is 1. The quantitative estimate of drug-likeness (QED) is 0.194. The van der Waals surface area contributed by atoms with Gasteiger partial charge >= 0.3 is 12.1 Å². The number of ether oxygens (including phenoxy) is 2. The van der Waals surface area contributed by atoms with Gasteiger partial charge in [-0.3, -0.25) is 9.59 Å². The standard InChI is InChI=1S/C33H51N3O7/c1-12-33(41,13-2)14-15-35-16-17-36(28(35)34-29(40)43-21-42-27(39)32(9,10)11)20-25(37)22-18-23(30(3,4)5)26(38)24(19-22)31(6,7)8/h16-19,38,41H,12-15,20-21H2,1-11H3/b34-28-. The maximum absolute atomic E-state index is 13.7. The minimum Gasteiger partial charge on any atom is -0.507 e. The molecule has 0 saturated heterocycles. The van der Waals surface area contributed by atoms with Gasteiger partial charge in [0.25, 0.3) is 0 Å². The molecule has 0 saturated carbocycles. The lowest BCUT2D eigenvalue weighted by atomic mass is 9.78. The van der Waals surface area contributed by atoms with Crippen LogP contribution >= 0.6 is 0 Å². The van der Waals surface area contributed by atoms with Crippen molar-refractivity contribution in [1.82, 2.24) is 9.13 Å². The minimum atomic E-state index is -0.987. The van der Waals surface area contributed by atoms with Crippen molar-refractivity contribution in [2.75, 3.05) is 6.79 Å². The van der Waals surface area contributed by atoms with E-state index in [0.717, 1.165) is 0 Å². The predicted octanol–water partition coefficient (Wildman–Crippen LogP) is 6.00. The van der Waals surface area contributed by atoms with E-state index in [1.807, 2.05) is 55.4 Å². The number of aliphatic hydroxyl groups is 1. The SMILES string of the molecule is CCC(O)(CC)CCn1ccn(CC(=O)c2cc(C(C)(C)C)c(O)c(C(C)(C)C)c2)/c1=N\C(=O)OCOC(=O)C(C)(C)C. The van der Waals surface area contributed by atoms with Crippen molar-refractivity contribution in [2.45, 2.75) is 125 Å². The first kappa shape index (κ1) is 35.8. The van der Waals surface area contributed by atoms with E-state index in [2.05, 4.69) is 4.99 Å². The molecule has 1 amide bonds. The first-order valence-electron chi connectivity index (χ1n) is 14.9. The van der Waals surface area contributed by atoms with Crippen LogP contribution < -0.4 is 5.62 Å². The van der Waals surface area contributed by atoms with Crippen LogP contribution in [0, 0.1) is 5.41 Å². The van der Waals surface area contributed by atoms with Gasteiger partial charge < -0.3 is 28.8 Å². The molecular weight excluding hydrogens is 550 g/mol. The highest BCUT2D eigenvalue weighted by molar-refractivity contribution is 5.96. The van der Waals surface area contributed by atoms with E-state index in [1.54, 1.807) is 54.4 Å². The number of hydrogen-bond acceptors (Lipinski definition) is 7. The Morgan fingerprint density at radius 1 is 0.837 bits per heavy atom. The normalized spacial score (nSPS) is 13.3. The van der Waals surface area contributed by atoms with Gasteiger partial charge in [-0.1, -0.05) is 55.4 Å². The Bertz CT molecular complexity index is 1340. The number of aromatic hydroxyl groups is 1. The van der Waals surface area contributed by atoms with E-state index in [4.69, 9.17) is 9.47 Å². The Morgan fingerprint density at radius 3 is 1.81 bits per heavy atom. The van der Waals surface area contributed by atoms with Crippen molar-refractivity contribution in [1.29, 1.82) is 0 Å². The molecule has 1 aromatic carbocycles. The number of imidazole rings is 1. The van der Waals surface area contributed by atoms with E-state index in [1.165, 1.54) is 0 Å². The molecule has 0 bridgehead atoms. The van der Waals surface area contributed by atoms with Crippen molar-refractivity contribution in [3.8, 4) is 5.75 Å². The molecule has 0 aliphatic rings. The Kier molecular flexibility index (Phi) is 11.2. The third-order valence-corrected chi connectivity index (χ3v) is 7.61. The molecule has 1 heterocycles. The average Bonchev–Trinajstić information content (AvgIpc) is 3.25. The molecule has 0 unspecified atom stereocenters. The first-order chi connectivity index (χ1) is 19.6. The van der Waals surface area contributed by atoms with Crippen LogP contribution in [0.2, 0.25) is 0 Å². The van der Waals surface area contributed by atoms with Crippen LogP contribution in [0.4, 0.5) is 4.79 Å². The molecule has 0 spiro atoms. The van der Waals surface area contributed by atoms with Crippen LogP contribution in [-0.4, -0.2) is 49.6 Å². The number of nitrogens with zero attached hydrogens (tertiary/aromatic N) is 3. The van der Waals surface area contributed by atoms with Crippen LogP contribution in [-0.2, 0) is 38.2 Å². The largest absolute Gasteiger partial charge is 0.507 e. The second kappa shape index (κ2) is 13.5. The van der Waals surface area contributed by atoms with E-state index in [0.29, 0.717) is 42.5 Å². The fraction of sp³-hybridized carbons (Fsp3) is 0.636. The molecule has 240 valence electrons. The first-order valence-corrected chi connectivity index (χ1v) is 14.9. The number of ketones is 1. The van der Waals surface area contributed by atoms with Crippen molar-refractivity contribution >= 4 is 17.8 Å². The van der Waals surface area contributed by atoms with Crippen molar-refractivity contribution < 1.29 is 34.1 Å². The van der Waals surface area contributed by atoms with Crippen LogP contribution in [0.1, 0.15) is 117 Å². The Morgan fingerprint density at radius 2 is 1.35 bits per heavy atom. The van der Waals surface area contributed by atoms with E-state index in [-0.39, 0.29) is 23.7 Å². The van der Waals surface area contributed by atoms with Gasteiger partial charge in [-0.05, 0) is 63.0 Å². The number of benzene rings is 1. The summed E-state index contributed by atoms with van der Waals surface area (Å²) in [5.74, 6) is -0.581. The molecule has 0 aliphatic heterocycles. The molecular formula is C33H51N3O7. The summed E-state index contributed by atoms with van der Waals surface area (Å²) in [6.45, 7) is 20.4. The average molecular weight is 602 g/mol. The van der Waals surface area contributed by atoms with Crippen LogP contribution in [0.3, 0.4) is 0 Å². The predicted molar refractivity (Wildman–Crippen MR) is 165 cm³/mol. The Balaban J connectivity index is 2.50. The number of esters is 1. The number of aromatic nitrogens is 2. The summed E-state index contributed by atoms with van der Waals surface area (Å²) in [4.78, 5) is 42.5. The van der Waals surface area contributed by atoms with Gasteiger partial charge in [-0.15, -0.1) is 4.99 Å². The molecule has 2 aromatic rings. The molecule has 10 nitrogen and oxygen atoms in total. The zero-order valence-corrected chi connectivity index (χ0v) is 27.8. The lowest BCUT2D eigenvalue weighted by Crippen LogP contribution is -2.34. The number of carbonyl (C=O) groups excluding carboxylic acids is 3. The molecule has 0 aliphatic carbocycles. The molecule has 0 radical (unpaired) electrons. The van der Waals surface area contributed by atoms with Crippen molar-refractivity contribution in [3.05, 3.63) is 46.8 Å². The van der Waals surface area contributed by atoms with Gasteiger partial charge in [-0.2, -0.15) is 0 Å². The summed E-state index contributed by atoms with van der Waals surface area (Å²) >= 11 is 0. The van der Waals surface area contributed by atoms with Gasteiger partial charge in [0.15, 0.2) is 5.78 Å². The fourth-order valence-electron chi connectivity index (χ4n) is 4.47. The third kappa shape index (κ3) is 9.55. The Hall–Kier alpha value is -3.40. The number of aryl methyl sites for hydroxylation is 1.